The number of aromatic nitrogens is 5. The standard InChI is InChI=1S/C18H20N6O/c1-23-12-19-22-17(23)14-8-5-9-24(11-14)18(25)16-10-15(20-21-16)13-6-3-2-4-7-13/h2-4,6-7,10,12,14H,5,8-9,11H2,1H3,(H,20,21). The molecule has 0 radical (unpaired) electrons. The normalized spacial score (nSPS) is 17.6. The maximum atomic E-state index is 12.9. The van der Waals surface area contributed by atoms with Gasteiger partial charge in [-0.1, -0.05) is 30.3 Å². The number of hydrogen-bond acceptors (Lipinski definition) is 4. The second-order valence-corrected chi connectivity index (χ2v) is 6.42. The Morgan fingerprint density at radius 3 is 2.88 bits per heavy atom. The van der Waals surface area contributed by atoms with Gasteiger partial charge in [0.25, 0.3) is 5.91 Å². The molecule has 2 aromatic heterocycles. The van der Waals surface area contributed by atoms with Gasteiger partial charge in [0.2, 0.25) is 0 Å². The molecule has 0 bridgehead atoms. The second-order valence-electron chi connectivity index (χ2n) is 6.42. The molecule has 1 aromatic carbocycles. The zero-order chi connectivity index (χ0) is 17.2. The van der Waals surface area contributed by atoms with E-state index >= 15 is 0 Å². The van der Waals surface area contributed by atoms with Crippen molar-refractivity contribution in [1.82, 2.24) is 29.9 Å². The molecule has 128 valence electrons. The van der Waals surface area contributed by atoms with E-state index in [-0.39, 0.29) is 11.8 Å². The third-order valence-electron chi connectivity index (χ3n) is 4.70. The minimum atomic E-state index is -0.0125. The fourth-order valence-corrected chi connectivity index (χ4v) is 3.39. The Morgan fingerprint density at radius 2 is 2.12 bits per heavy atom. The lowest BCUT2D eigenvalue weighted by Gasteiger charge is -2.31. The van der Waals surface area contributed by atoms with Crippen molar-refractivity contribution in [2.24, 2.45) is 7.05 Å². The Labute approximate surface area is 145 Å². The molecule has 3 heterocycles. The predicted octanol–water partition coefficient (Wildman–Crippen LogP) is 2.22. The quantitative estimate of drug-likeness (QED) is 0.795. The van der Waals surface area contributed by atoms with Gasteiger partial charge in [-0.25, -0.2) is 0 Å². The van der Waals surface area contributed by atoms with E-state index < -0.39 is 0 Å². The van der Waals surface area contributed by atoms with Crippen molar-refractivity contribution in [3.05, 3.63) is 54.2 Å². The second kappa shape index (κ2) is 6.51. The first kappa shape index (κ1) is 15.6. The molecule has 1 aliphatic rings. The minimum absolute atomic E-state index is 0.0125. The average Bonchev–Trinajstić information content (AvgIpc) is 3.31. The fraction of sp³-hybridized carbons (Fsp3) is 0.333. The molecule has 1 unspecified atom stereocenters. The van der Waals surface area contributed by atoms with Crippen LogP contribution >= 0.6 is 0 Å². The van der Waals surface area contributed by atoms with E-state index in [0.29, 0.717) is 12.2 Å². The molecule has 3 aromatic rings. The number of rotatable bonds is 3. The highest BCUT2D eigenvalue weighted by molar-refractivity contribution is 5.93. The molecule has 4 rings (SSSR count). The molecule has 0 saturated carbocycles. The number of carbonyl (C=O) groups is 1. The van der Waals surface area contributed by atoms with E-state index in [1.807, 2.05) is 52.9 Å². The van der Waals surface area contributed by atoms with Crippen LogP contribution in [0.5, 0.6) is 0 Å². The van der Waals surface area contributed by atoms with Gasteiger partial charge in [-0.15, -0.1) is 10.2 Å². The zero-order valence-electron chi connectivity index (χ0n) is 14.1. The summed E-state index contributed by atoms with van der Waals surface area (Å²) in [7, 11) is 1.94. The first-order valence-corrected chi connectivity index (χ1v) is 8.46. The summed E-state index contributed by atoms with van der Waals surface area (Å²) in [5, 5.41) is 15.3. The van der Waals surface area contributed by atoms with Crippen LogP contribution in [0.1, 0.15) is 35.1 Å². The van der Waals surface area contributed by atoms with Crippen LogP contribution in [0.4, 0.5) is 0 Å². The summed E-state index contributed by atoms with van der Waals surface area (Å²) >= 11 is 0. The van der Waals surface area contributed by atoms with Gasteiger partial charge in [-0.3, -0.25) is 9.89 Å². The number of aryl methyl sites for hydroxylation is 1. The van der Waals surface area contributed by atoms with Crippen molar-refractivity contribution < 1.29 is 4.79 Å². The molecule has 0 aliphatic carbocycles. The Morgan fingerprint density at radius 1 is 1.28 bits per heavy atom. The van der Waals surface area contributed by atoms with Crippen LogP contribution in [0.15, 0.2) is 42.7 Å². The highest BCUT2D eigenvalue weighted by Crippen LogP contribution is 2.26. The SMILES string of the molecule is Cn1cnnc1C1CCCN(C(=O)c2cc(-c3ccccc3)n[nH]2)C1. The highest BCUT2D eigenvalue weighted by atomic mass is 16.2. The summed E-state index contributed by atoms with van der Waals surface area (Å²) in [5.41, 5.74) is 2.30. The molecule has 7 nitrogen and oxygen atoms in total. The van der Waals surface area contributed by atoms with Crippen molar-refractivity contribution in [2.45, 2.75) is 18.8 Å². The lowest BCUT2D eigenvalue weighted by molar-refractivity contribution is 0.0697. The third kappa shape index (κ3) is 3.05. The monoisotopic (exact) mass is 336 g/mol. The van der Waals surface area contributed by atoms with Crippen LogP contribution in [-0.4, -0.2) is 48.9 Å². The molecule has 25 heavy (non-hydrogen) atoms. The van der Waals surface area contributed by atoms with Gasteiger partial charge < -0.3 is 9.47 Å². The number of aromatic amines is 1. The number of nitrogens with zero attached hydrogens (tertiary/aromatic N) is 5. The largest absolute Gasteiger partial charge is 0.337 e. The van der Waals surface area contributed by atoms with Crippen LogP contribution in [0.3, 0.4) is 0 Å². The maximum absolute atomic E-state index is 12.9. The zero-order valence-corrected chi connectivity index (χ0v) is 14.1. The molecular formula is C18H20N6O. The van der Waals surface area contributed by atoms with E-state index in [1.165, 1.54) is 0 Å². The summed E-state index contributed by atoms with van der Waals surface area (Å²) in [5.74, 6) is 1.15. The molecule has 1 aliphatic heterocycles. The van der Waals surface area contributed by atoms with Gasteiger partial charge in [0.05, 0.1) is 5.69 Å². The average molecular weight is 336 g/mol. The van der Waals surface area contributed by atoms with Crippen molar-refractivity contribution in [3.8, 4) is 11.3 Å². The fourth-order valence-electron chi connectivity index (χ4n) is 3.39. The first-order chi connectivity index (χ1) is 12.2. The van der Waals surface area contributed by atoms with Gasteiger partial charge in [-0.05, 0) is 18.9 Å². The van der Waals surface area contributed by atoms with Crippen LogP contribution in [-0.2, 0) is 7.05 Å². The van der Waals surface area contributed by atoms with Crippen molar-refractivity contribution in [2.75, 3.05) is 13.1 Å². The smallest absolute Gasteiger partial charge is 0.271 e. The topological polar surface area (TPSA) is 79.7 Å². The molecule has 1 atom stereocenters. The molecule has 1 N–H and O–H groups in total. The van der Waals surface area contributed by atoms with Crippen LogP contribution < -0.4 is 0 Å². The van der Waals surface area contributed by atoms with Gasteiger partial charge in [0, 0.05) is 31.6 Å². The van der Waals surface area contributed by atoms with Crippen molar-refractivity contribution in [1.29, 1.82) is 0 Å². The summed E-state index contributed by atoms with van der Waals surface area (Å²) in [4.78, 5) is 14.7. The molecular weight excluding hydrogens is 316 g/mol. The Hall–Kier alpha value is -2.96. The third-order valence-corrected chi connectivity index (χ3v) is 4.70. The molecule has 7 heteroatoms. The van der Waals surface area contributed by atoms with Crippen LogP contribution in [0, 0.1) is 0 Å². The van der Waals surface area contributed by atoms with E-state index in [0.717, 1.165) is 36.5 Å². The predicted molar refractivity (Wildman–Crippen MR) is 92.9 cm³/mol. The highest BCUT2D eigenvalue weighted by Gasteiger charge is 2.28. The Kier molecular flexibility index (Phi) is 4.05. The van der Waals surface area contributed by atoms with Gasteiger partial charge >= 0.3 is 0 Å². The van der Waals surface area contributed by atoms with E-state index in [1.54, 1.807) is 6.33 Å². The number of piperidine rings is 1. The lowest BCUT2D eigenvalue weighted by Crippen LogP contribution is -2.39. The Balaban J connectivity index is 1.51. The molecule has 1 fully saturated rings. The van der Waals surface area contributed by atoms with Gasteiger partial charge in [0.1, 0.15) is 17.8 Å². The summed E-state index contributed by atoms with van der Waals surface area (Å²) in [6.07, 6.45) is 3.69. The van der Waals surface area contributed by atoms with E-state index in [9.17, 15) is 4.79 Å². The van der Waals surface area contributed by atoms with Crippen LogP contribution in [0.2, 0.25) is 0 Å². The number of benzene rings is 1. The number of likely N-dealkylation sites (tertiary alicyclic amines) is 1. The van der Waals surface area contributed by atoms with Gasteiger partial charge in [0.15, 0.2) is 0 Å². The molecule has 0 spiro atoms. The number of amides is 1. The van der Waals surface area contributed by atoms with Crippen molar-refractivity contribution >= 4 is 5.91 Å². The van der Waals surface area contributed by atoms with E-state index in [2.05, 4.69) is 20.4 Å². The number of carbonyl (C=O) groups excluding carboxylic acids is 1. The number of hydrogen-bond donors (Lipinski definition) is 1. The minimum Gasteiger partial charge on any atom is -0.337 e. The van der Waals surface area contributed by atoms with Crippen molar-refractivity contribution in [3.63, 3.8) is 0 Å². The lowest BCUT2D eigenvalue weighted by atomic mass is 9.97. The summed E-state index contributed by atoms with van der Waals surface area (Å²) < 4.78 is 1.93. The van der Waals surface area contributed by atoms with Crippen LogP contribution in [0.25, 0.3) is 11.3 Å². The Bertz CT molecular complexity index is 869. The van der Waals surface area contributed by atoms with Gasteiger partial charge in [-0.2, -0.15) is 5.10 Å². The number of nitrogens with one attached hydrogen (secondary N) is 1. The van der Waals surface area contributed by atoms with E-state index in [4.69, 9.17) is 0 Å². The molecule has 1 saturated heterocycles. The number of H-pyrrole nitrogens is 1. The summed E-state index contributed by atoms with van der Waals surface area (Å²) in [6.45, 7) is 1.41. The summed E-state index contributed by atoms with van der Waals surface area (Å²) in [6, 6.07) is 11.7. The molecule has 1 amide bonds. The first-order valence-electron chi connectivity index (χ1n) is 8.46. The maximum Gasteiger partial charge on any atom is 0.271 e.